The summed E-state index contributed by atoms with van der Waals surface area (Å²) in [6.07, 6.45) is 0. The Labute approximate surface area is 106 Å². The molecule has 0 aliphatic rings. The van der Waals surface area contributed by atoms with E-state index in [1.165, 1.54) is 12.1 Å². The Hall–Kier alpha value is -1.11. The molecule has 100 valence electrons. The van der Waals surface area contributed by atoms with Crippen LogP contribution in [0.3, 0.4) is 0 Å². The SMILES string of the molecule is CC(C)(C)OCCOc1cc(F)cc(B(O)O)c1. The fourth-order valence-electron chi connectivity index (χ4n) is 1.32. The van der Waals surface area contributed by atoms with Gasteiger partial charge in [-0.05, 0) is 38.4 Å². The molecule has 0 aliphatic carbocycles. The van der Waals surface area contributed by atoms with E-state index in [9.17, 15) is 4.39 Å². The van der Waals surface area contributed by atoms with Crippen LogP contribution in [0.2, 0.25) is 0 Å². The van der Waals surface area contributed by atoms with Gasteiger partial charge in [-0.2, -0.15) is 0 Å². The molecule has 0 aromatic heterocycles. The van der Waals surface area contributed by atoms with E-state index < -0.39 is 12.9 Å². The predicted octanol–water partition coefficient (Wildman–Crippen LogP) is 0.699. The maximum absolute atomic E-state index is 13.2. The van der Waals surface area contributed by atoms with Crippen molar-refractivity contribution in [1.82, 2.24) is 0 Å². The van der Waals surface area contributed by atoms with Crippen molar-refractivity contribution in [2.24, 2.45) is 0 Å². The molecular formula is C12H18BFO4. The van der Waals surface area contributed by atoms with Gasteiger partial charge in [0.1, 0.15) is 18.2 Å². The average molecular weight is 256 g/mol. The van der Waals surface area contributed by atoms with Gasteiger partial charge in [-0.25, -0.2) is 4.39 Å². The fraction of sp³-hybridized carbons (Fsp3) is 0.500. The highest BCUT2D eigenvalue weighted by molar-refractivity contribution is 6.58. The number of halogens is 1. The zero-order chi connectivity index (χ0) is 13.8. The molecule has 0 saturated heterocycles. The van der Waals surface area contributed by atoms with Gasteiger partial charge in [-0.15, -0.1) is 0 Å². The molecule has 0 heterocycles. The molecule has 0 fully saturated rings. The van der Waals surface area contributed by atoms with Crippen molar-refractivity contribution in [3.63, 3.8) is 0 Å². The first-order valence-corrected chi connectivity index (χ1v) is 5.71. The Morgan fingerprint density at radius 3 is 2.39 bits per heavy atom. The second kappa shape index (κ2) is 6.18. The van der Waals surface area contributed by atoms with Crippen molar-refractivity contribution >= 4 is 12.6 Å². The average Bonchev–Trinajstić information content (AvgIpc) is 2.22. The first-order chi connectivity index (χ1) is 8.28. The molecule has 2 N–H and O–H groups in total. The number of rotatable bonds is 5. The highest BCUT2D eigenvalue weighted by atomic mass is 19.1. The molecule has 18 heavy (non-hydrogen) atoms. The van der Waals surface area contributed by atoms with Crippen LogP contribution in [0.4, 0.5) is 4.39 Å². The lowest BCUT2D eigenvalue weighted by atomic mass is 9.80. The van der Waals surface area contributed by atoms with Crippen LogP contribution in [0.25, 0.3) is 0 Å². The summed E-state index contributed by atoms with van der Waals surface area (Å²) in [6.45, 7) is 6.42. The first-order valence-electron chi connectivity index (χ1n) is 5.71. The lowest BCUT2D eigenvalue weighted by Gasteiger charge is -2.19. The second-order valence-corrected chi connectivity index (χ2v) is 4.90. The summed E-state index contributed by atoms with van der Waals surface area (Å²) >= 11 is 0. The van der Waals surface area contributed by atoms with Crippen LogP contribution < -0.4 is 10.2 Å². The van der Waals surface area contributed by atoms with Gasteiger partial charge in [-0.3, -0.25) is 0 Å². The van der Waals surface area contributed by atoms with Crippen LogP contribution in [0.5, 0.6) is 5.75 Å². The molecule has 1 aromatic carbocycles. The summed E-state index contributed by atoms with van der Waals surface area (Å²) in [4.78, 5) is 0. The number of hydrogen-bond donors (Lipinski definition) is 2. The fourth-order valence-corrected chi connectivity index (χ4v) is 1.32. The van der Waals surface area contributed by atoms with Gasteiger partial charge in [0.2, 0.25) is 0 Å². The van der Waals surface area contributed by atoms with Crippen LogP contribution in [0, 0.1) is 5.82 Å². The Morgan fingerprint density at radius 1 is 1.17 bits per heavy atom. The van der Waals surface area contributed by atoms with Gasteiger partial charge < -0.3 is 19.5 Å². The largest absolute Gasteiger partial charge is 0.491 e. The Bertz CT molecular complexity index is 390. The van der Waals surface area contributed by atoms with Crippen LogP contribution >= 0.6 is 0 Å². The van der Waals surface area contributed by atoms with Gasteiger partial charge in [0.05, 0.1) is 12.2 Å². The van der Waals surface area contributed by atoms with E-state index in [1.54, 1.807) is 0 Å². The molecule has 0 atom stereocenters. The minimum absolute atomic E-state index is 0.0572. The lowest BCUT2D eigenvalue weighted by molar-refractivity contribution is -0.0163. The van der Waals surface area contributed by atoms with Crippen LogP contribution in [0.1, 0.15) is 20.8 Å². The maximum atomic E-state index is 13.2. The van der Waals surface area contributed by atoms with E-state index in [4.69, 9.17) is 19.5 Å². The molecule has 1 aromatic rings. The van der Waals surface area contributed by atoms with Crippen molar-refractivity contribution in [3.05, 3.63) is 24.0 Å². The molecule has 0 aliphatic heterocycles. The normalized spacial score (nSPS) is 11.4. The predicted molar refractivity (Wildman–Crippen MR) is 67.4 cm³/mol. The lowest BCUT2D eigenvalue weighted by Crippen LogP contribution is -2.30. The summed E-state index contributed by atoms with van der Waals surface area (Å²) in [6, 6.07) is 3.61. The van der Waals surface area contributed by atoms with Crippen LogP contribution in [0.15, 0.2) is 18.2 Å². The minimum atomic E-state index is -1.71. The molecule has 0 unspecified atom stereocenters. The van der Waals surface area contributed by atoms with Crippen molar-refractivity contribution < 1.29 is 23.9 Å². The molecule has 0 radical (unpaired) electrons. The van der Waals surface area contributed by atoms with E-state index >= 15 is 0 Å². The van der Waals surface area contributed by atoms with E-state index in [2.05, 4.69) is 0 Å². The number of hydrogen-bond acceptors (Lipinski definition) is 4. The summed E-state index contributed by atoms with van der Waals surface area (Å²) in [5.74, 6) is -0.331. The molecule has 6 heteroatoms. The van der Waals surface area contributed by atoms with Gasteiger partial charge in [0.25, 0.3) is 0 Å². The number of benzene rings is 1. The van der Waals surface area contributed by atoms with E-state index in [0.717, 1.165) is 6.07 Å². The van der Waals surface area contributed by atoms with E-state index in [-0.39, 0.29) is 23.4 Å². The Morgan fingerprint density at radius 2 is 1.83 bits per heavy atom. The quantitative estimate of drug-likeness (QED) is 0.601. The first kappa shape index (κ1) is 15.0. The van der Waals surface area contributed by atoms with Crippen LogP contribution in [-0.4, -0.2) is 36.0 Å². The van der Waals surface area contributed by atoms with E-state index in [1.807, 2.05) is 20.8 Å². The highest BCUT2D eigenvalue weighted by Crippen LogP contribution is 2.12. The monoisotopic (exact) mass is 256 g/mol. The highest BCUT2D eigenvalue weighted by Gasteiger charge is 2.14. The van der Waals surface area contributed by atoms with Gasteiger partial charge in [0.15, 0.2) is 0 Å². The minimum Gasteiger partial charge on any atom is -0.491 e. The summed E-state index contributed by atoms with van der Waals surface area (Å²) in [7, 11) is -1.71. The Kier molecular flexibility index (Phi) is 5.13. The molecule has 0 saturated carbocycles. The zero-order valence-corrected chi connectivity index (χ0v) is 10.8. The standard InChI is InChI=1S/C12H18BFO4/c1-12(2,3)18-5-4-17-11-7-9(13(15)16)6-10(14)8-11/h6-8,15-16H,4-5H2,1-3H3. The van der Waals surface area contributed by atoms with Crippen molar-refractivity contribution in [2.75, 3.05) is 13.2 Å². The smallest absolute Gasteiger partial charge is 0.488 e. The second-order valence-electron chi connectivity index (χ2n) is 4.90. The molecule has 0 spiro atoms. The molecule has 0 bridgehead atoms. The summed E-state index contributed by atoms with van der Waals surface area (Å²) in [5.41, 5.74) is -0.195. The summed E-state index contributed by atoms with van der Waals surface area (Å²) < 4.78 is 23.9. The van der Waals surface area contributed by atoms with Crippen molar-refractivity contribution in [1.29, 1.82) is 0 Å². The van der Waals surface area contributed by atoms with Gasteiger partial charge in [0, 0.05) is 6.07 Å². The third kappa shape index (κ3) is 5.49. The van der Waals surface area contributed by atoms with Gasteiger partial charge in [-0.1, -0.05) is 0 Å². The molecule has 4 nitrogen and oxygen atoms in total. The Balaban J connectivity index is 2.52. The third-order valence-corrected chi connectivity index (χ3v) is 2.08. The van der Waals surface area contributed by atoms with Crippen LogP contribution in [-0.2, 0) is 4.74 Å². The molecule has 0 amide bonds. The number of ether oxygens (including phenoxy) is 2. The summed E-state index contributed by atoms with van der Waals surface area (Å²) in [5, 5.41) is 17.9. The van der Waals surface area contributed by atoms with Crippen molar-refractivity contribution in [2.45, 2.75) is 26.4 Å². The topological polar surface area (TPSA) is 58.9 Å². The maximum Gasteiger partial charge on any atom is 0.488 e. The molecule has 1 rings (SSSR count). The molecular weight excluding hydrogens is 238 g/mol. The van der Waals surface area contributed by atoms with Gasteiger partial charge >= 0.3 is 7.12 Å². The zero-order valence-electron chi connectivity index (χ0n) is 10.8. The van der Waals surface area contributed by atoms with E-state index in [0.29, 0.717) is 6.61 Å². The third-order valence-electron chi connectivity index (χ3n) is 2.08. The van der Waals surface area contributed by atoms with Crippen molar-refractivity contribution in [3.8, 4) is 5.75 Å².